The van der Waals surface area contributed by atoms with Gasteiger partial charge in [-0.1, -0.05) is 11.3 Å². The van der Waals surface area contributed by atoms with E-state index in [9.17, 15) is 4.79 Å². The molecule has 0 fully saturated rings. The summed E-state index contributed by atoms with van der Waals surface area (Å²) in [5, 5.41) is 0. The number of carbonyl (C=O) groups excluding carboxylic acids is 1. The van der Waals surface area contributed by atoms with Gasteiger partial charge in [-0.25, -0.2) is 4.79 Å². The van der Waals surface area contributed by atoms with Crippen LogP contribution in [0.5, 0.6) is 0 Å². The average Bonchev–Trinajstić information content (AvgIpc) is 2.30. The van der Waals surface area contributed by atoms with Gasteiger partial charge in [-0.2, -0.15) is 0 Å². The molecule has 3 nitrogen and oxygen atoms in total. The van der Waals surface area contributed by atoms with E-state index in [1.165, 1.54) is 0 Å². The average molecular weight is 204 g/mol. The van der Waals surface area contributed by atoms with Crippen LogP contribution in [0.25, 0.3) is 0 Å². The summed E-state index contributed by atoms with van der Waals surface area (Å²) in [4.78, 5) is 11.6. The van der Waals surface area contributed by atoms with Crippen molar-refractivity contribution in [3.8, 4) is 0 Å². The van der Waals surface area contributed by atoms with Gasteiger partial charge in [0.1, 0.15) is 5.76 Å². The number of hydrogen-bond acceptors (Lipinski definition) is 5. The molecule has 1 aromatic rings. The quantitative estimate of drug-likeness (QED) is 0.548. The molecule has 0 aliphatic rings. The largest absolute Gasteiger partial charge is 0.462 e. The Hall–Kier alpha value is -0.680. The van der Waals surface area contributed by atoms with Crippen molar-refractivity contribution in [3.63, 3.8) is 0 Å². The molecule has 0 spiro atoms. The van der Waals surface area contributed by atoms with Crippen molar-refractivity contribution in [1.82, 2.24) is 0 Å². The minimum Gasteiger partial charge on any atom is -0.462 e. The summed E-state index contributed by atoms with van der Waals surface area (Å²) in [6, 6.07) is 0. The second kappa shape index (κ2) is 3.82. The molecule has 0 aliphatic carbocycles. The molecule has 1 aromatic heterocycles. The minimum absolute atomic E-state index is 0.357. The molecular formula is C7H8O3S2. The second-order valence-electron chi connectivity index (χ2n) is 2.06. The summed E-state index contributed by atoms with van der Waals surface area (Å²) in [5.74, 6) is 0.170. The third-order valence-corrected chi connectivity index (χ3v) is 2.44. The van der Waals surface area contributed by atoms with Gasteiger partial charge in [-0.05, 0) is 26.1 Å². The van der Waals surface area contributed by atoms with Crippen molar-refractivity contribution >= 4 is 29.5 Å². The number of carbonyl (C=O) groups is 1. The zero-order valence-corrected chi connectivity index (χ0v) is 8.38. The molecule has 0 amide bonds. The van der Waals surface area contributed by atoms with E-state index < -0.39 is 0 Å². The molecule has 0 radical (unpaired) electrons. The number of hydrogen-bond donors (Lipinski definition) is 0. The Morgan fingerprint density at radius 3 is 2.83 bits per heavy atom. The molecule has 0 aliphatic heterocycles. The van der Waals surface area contributed by atoms with Crippen LogP contribution in [0.1, 0.15) is 22.4 Å². The summed E-state index contributed by atoms with van der Waals surface area (Å²) in [5.41, 5.74) is 0. The van der Waals surface area contributed by atoms with Gasteiger partial charge in [-0.3, -0.25) is 0 Å². The van der Waals surface area contributed by atoms with Crippen molar-refractivity contribution in [3.05, 3.63) is 14.7 Å². The van der Waals surface area contributed by atoms with E-state index in [0.717, 1.165) is 11.3 Å². The number of rotatable bonds is 2. The maximum absolute atomic E-state index is 11.2. The summed E-state index contributed by atoms with van der Waals surface area (Å²) >= 11 is 5.90. The van der Waals surface area contributed by atoms with Crippen LogP contribution >= 0.6 is 23.6 Å². The van der Waals surface area contributed by atoms with Crippen LogP contribution in [-0.2, 0) is 4.74 Å². The predicted molar refractivity (Wildman–Crippen MR) is 48.1 cm³/mol. The maximum atomic E-state index is 11.2. The van der Waals surface area contributed by atoms with Gasteiger partial charge < -0.3 is 9.15 Å². The van der Waals surface area contributed by atoms with Gasteiger partial charge in [0, 0.05) is 0 Å². The Balaban J connectivity index is 2.94. The van der Waals surface area contributed by atoms with Crippen molar-refractivity contribution in [2.45, 2.75) is 13.8 Å². The summed E-state index contributed by atoms with van der Waals surface area (Å²) < 4.78 is 10.2. The summed E-state index contributed by atoms with van der Waals surface area (Å²) in [6.45, 7) is 3.81. The van der Waals surface area contributed by atoms with E-state index in [1.54, 1.807) is 13.8 Å². The monoisotopic (exact) mass is 204 g/mol. The topological polar surface area (TPSA) is 39.4 Å². The normalized spacial score (nSPS) is 9.83. The second-order valence-corrected chi connectivity index (χ2v) is 3.67. The van der Waals surface area contributed by atoms with Crippen molar-refractivity contribution < 1.29 is 13.9 Å². The predicted octanol–water partition coefficient (Wildman–Crippen LogP) is 2.56. The molecule has 5 heteroatoms. The molecule has 12 heavy (non-hydrogen) atoms. The Kier molecular flexibility index (Phi) is 2.99. The fourth-order valence-corrected chi connectivity index (χ4v) is 1.77. The van der Waals surface area contributed by atoms with E-state index in [0.29, 0.717) is 21.3 Å². The highest BCUT2D eigenvalue weighted by molar-refractivity contribution is 7.73. The molecular weight excluding hydrogens is 196 g/mol. The minimum atomic E-state index is -0.361. The molecule has 0 bridgehead atoms. The van der Waals surface area contributed by atoms with E-state index in [2.05, 4.69) is 0 Å². The van der Waals surface area contributed by atoms with Crippen LogP contribution in [0.4, 0.5) is 0 Å². The van der Waals surface area contributed by atoms with Gasteiger partial charge >= 0.3 is 5.97 Å². The first-order valence-corrected chi connectivity index (χ1v) is 4.65. The van der Waals surface area contributed by atoms with Crippen LogP contribution < -0.4 is 0 Å². The number of esters is 1. The summed E-state index contributed by atoms with van der Waals surface area (Å²) in [7, 11) is 0. The van der Waals surface area contributed by atoms with E-state index in [4.69, 9.17) is 21.4 Å². The molecule has 0 saturated carbocycles. The van der Waals surface area contributed by atoms with E-state index >= 15 is 0 Å². The molecule has 0 unspecified atom stereocenters. The number of aryl methyl sites for hydroxylation is 1. The maximum Gasteiger partial charge on any atom is 0.351 e. The first kappa shape index (κ1) is 9.41. The highest BCUT2D eigenvalue weighted by Gasteiger charge is 2.14. The third-order valence-electron chi connectivity index (χ3n) is 1.20. The van der Waals surface area contributed by atoms with Crippen molar-refractivity contribution in [2.24, 2.45) is 0 Å². The van der Waals surface area contributed by atoms with Crippen LogP contribution in [0.2, 0.25) is 0 Å². The zero-order valence-electron chi connectivity index (χ0n) is 6.75. The highest BCUT2D eigenvalue weighted by Crippen LogP contribution is 2.18. The van der Waals surface area contributed by atoms with Crippen LogP contribution in [0.3, 0.4) is 0 Å². The fourth-order valence-electron chi connectivity index (χ4n) is 0.729. The third kappa shape index (κ3) is 1.92. The van der Waals surface area contributed by atoms with Crippen molar-refractivity contribution in [1.29, 1.82) is 0 Å². The van der Waals surface area contributed by atoms with Gasteiger partial charge in [0.2, 0.25) is 4.02 Å². The van der Waals surface area contributed by atoms with Gasteiger partial charge in [0.25, 0.3) is 0 Å². The van der Waals surface area contributed by atoms with Gasteiger partial charge in [-0.15, -0.1) is 0 Å². The standard InChI is InChI=1S/C7H8O3S2/c1-3-9-6(8)5-4(2)10-7(11)12-5/h3H2,1-2H3. The molecule has 1 rings (SSSR count). The van der Waals surface area contributed by atoms with Crippen LogP contribution in [0.15, 0.2) is 4.42 Å². The van der Waals surface area contributed by atoms with E-state index in [1.807, 2.05) is 0 Å². The molecule has 0 atom stereocenters. The highest BCUT2D eigenvalue weighted by atomic mass is 32.1. The Labute approximate surface area is 79.0 Å². The summed E-state index contributed by atoms with van der Waals surface area (Å²) in [6.07, 6.45) is 0. The lowest BCUT2D eigenvalue weighted by Gasteiger charge is -1.96. The van der Waals surface area contributed by atoms with Crippen LogP contribution in [-0.4, -0.2) is 12.6 Å². The first-order chi connectivity index (χ1) is 5.65. The van der Waals surface area contributed by atoms with Gasteiger partial charge in [0.15, 0.2) is 4.88 Å². The van der Waals surface area contributed by atoms with Crippen molar-refractivity contribution in [2.75, 3.05) is 6.61 Å². The lowest BCUT2D eigenvalue weighted by atomic mass is 10.4. The number of ether oxygens (including phenoxy) is 1. The van der Waals surface area contributed by atoms with E-state index in [-0.39, 0.29) is 5.97 Å². The van der Waals surface area contributed by atoms with Crippen LogP contribution in [0, 0.1) is 10.9 Å². The molecule has 0 N–H and O–H groups in total. The lowest BCUT2D eigenvalue weighted by Crippen LogP contribution is -2.03. The Bertz CT molecular complexity index is 337. The van der Waals surface area contributed by atoms with Gasteiger partial charge in [0.05, 0.1) is 6.61 Å². The fraction of sp³-hybridized carbons (Fsp3) is 0.429. The molecule has 0 saturated heterocycles. The lowest BCUT2D eigenvalue weighted by molar-refractivity contribution is 0.0529. The zero-order chi connectivity index (χ0) is 9.14. The Morgan fingerprint density at radius 1 is 1.75 bits per heavy atom. The first-order valence-electron chi connectivity index (χ1n) is 3.42. The molecule has 1 heterocycles. The molecule has 66 valence electrons. The smallest absolute Gasteiger partial charge is 0.351 e. The Morgan fingerprint density at radius 2 is 2.42 bits per heavy atom. The SMILES string of the molecule is CCOC(=O)c1sc(=S)oc1C. The molecule has 0 aromatic carbocycles.